The Hall–Kier alpha value is -3.76. The number of para-hydroxylation sites is 2. The van der Waals surface area contributed by atoms with Crippen molar-refractivity contribution in [3.05, 3.63) is 70.9 Å². The standard InChI is InChI=1S/C27H30N4O3/c1-30(17-19-10-9-15-24(33-2)26(19)34-3)18-25(32)29-27-22(16-28)21-13-7-8-14-23(21)31(27)20-11-5-4-6-12-20/h4-6,9-12,15H,7-8,13-14,17-18H2,1-3H3,(H,29,32). The number of aromatic nitrogens is 1. The van der Waals surface area contributed by atoms with E-state index in [1.165, 1.54) is 0 Å². The molecule has 0 bridgehead atoms. The average Bonchev–Trinajstić information content (AvgIpc) is 3.16. The van der Waals surface area contributed by atoms with Crippen molar-refractivity contribution in [2.24, 2.45) is 0 Å². The molecule has 7 heteroatoms. The lowest BCUT2D eigenvalue weighted by Crippen LogP contribution is -2.30. The van der Waals surface area contributed by atoms with Crippen molar-refractivity contribution in [2.45, 2.75) is 32.2 Å². The number of likely N-dealkylation sites (N-methyl/N-ethyl adjacent to an activating group) is 1. The van der Waals surface area contributed by atoms with E-state index in [-0.39, 0.29) is 12.5 Å². The molecule has 1 N–H and O–H groups in total. The van der Waals surface area contributed by atoms with Crippen LogP contribution in [0.4, 0.5) is 5.82 Å². The predicted molar refractivity (Wildman–Crippen MR) is 132 cm³/mol. The summed E-state index contributed by atoms with van der Waals surface area (Å²) in [6.07, 6.45) is 3.88. The molecule has 0 atom stereocenters. The van der Waals surface area contributed by atoms with Gasteiger partial charge in [-0.2, -0.15) is 5.26 Å². The first-order valence-corrected chi connectivity index (χ1v) is 11.5. The molecule has 1 aliphatic rings. The molecule has 1 aliphatic carbocycles. The fourth-order valence-corrected chi connectivity index (χ4v) is 4.74. The zero-order valence-electron chi connectivity index (χ0n) is 19.9. The van der Waals surface area contributed by atoms with E-state index in [0.29, 0.717) is 29.4 Å². The van der Waals surface area contributed by atoms with Crippen molar-refractivity contribution < 1.29 is 14.3 Å². The number of hydrogen-bond acceptors (Lipinski definition) is 5. The Bertz CT molecular complexity index is 1210. The van der Waals surface area contributed by atoms with Gasteiger partial charge in [0, 0.05) is 23.5 Å². The Morgan fingerprint density at radius 3 is 2.56 bits per heavy atom. The summed E-state index contributed by atoms with van der Waals surface area (Å²) in [4.78, 5) is 15.0. The molecule has 2 aromatic carbocycles. The molecular formula is C27H30N4O3. The molecule has 34 heavy (non-hydrogen) atoms. The van der Waals surface area contributed by atoms with E-state index in [4.69, 9.17) is 9.47 Å². The quantitative estimate of drug-likeness (QED) is 0.544. The second kappa shape index (κ2) is 10.4. The van der Waals surface area contributed by atoms with E-state index in [1.54, 1.807) is 14.2 Å². The number of nitriles is 1. The van der Waals surface area contributed by atoms with Gasteiger partial charge in [-0.1, -0.05) is 30.3 Å². The van der Waals surface area contributed by atoms with Gasteiger partial charge in [0.25, 0.3) is 0 Å². The highest BCUT2D eigenvalue weighted by Crippen LogP contribution is 2.36. The lowest BCUT2D eigenvalue weighted by Gasteiger charge is -2.20. The fourth-order valence-electron chi connectivity index (χ4n) is 4.74. The first-order valence-electron chi connectivity index (χ1n) is 11.5. The van der Waals surface area contributed by atoms with Gasteiger partial charge in [0.1, 0.15) is 11.9 Å². The van der Waals surface area contributed by atoms with Crippen LogP contribution in [0.1, 0.15) is 35.2 Å². The van der Waals surface area contributed by atoms with Crippen LogP contribution in [0.3, 0.4) is 0 Å². The minimum absolute atomic E-state index is 0.163. The Balaban J connectivity index is 1.58. The Morgan fingerprint density at radius 1 is 1.09 bits per heavy atom. The van der Waals surface area contributed by atoms with Gasteiger partial charge in [0.05, 0.1) is 26.3 Å². The third kappa shape index (κ3) is 4.63. The van der Waals surface area contributed by atoms with Crippen LogP contribution in [0.25, 0.3) is 5.69 Å². The van der Waals surface area contributed by atoms with E-state index in [0.717, 1.165) is 48.2 Å². The molecule has 1 amide bonds. The lowest BCUT2D eigenvalue weighted by atomic mass is 9.95. The molecule has 0 saturated heterocycles. The molecule has 4 rings (SSSR count). The van der Waals surface area contributed by atoms with Crippen molar-refractivity contribution in [3.63, 3.8) is 0 Å². The summed E-state index contributed by atoms with van der Waals surface area (Å²) in [5, 5.41) is 13.0. The van der Waals surface area contributed by atoms with E-state index in [2.05, 4.69) is 16.0 Å². The van der Waals surface area contributed by atoms with Crippen LogP contribution in [0, 0.1) is 11.3 Å². The summed E-state index contributed by atoms with van der Waals surface area (Å²) in [5.41, 5.74) is 4.63. The van der Waals surface area contributed by atoms with Gasteiger partial charge < -0.3 is 14.8 Å². The fraction of sp³-hybridized carbons (Fsp3) is 0.333. The summed E-state index contributed by atoms with van der Waals surface area (Å²) in [6, 6.07) is 18.0. The largest absolute Gasteiger partial charge is 0.493 e. The highest BCUT2D eigenvalue weighted by Gasteiger charge is 2.27. The third-order valence-electron chi connectivity index (χ3n) is 6.19. The van der Waals surface area contributed by atoms with Crippen molar-refractivity contribution in [1.29, 1.82) is 5.26 Å². The second-order valence-corrected chi connectivity index (χ2v) is 8.51. The number of fused-ring (bicyclic) bond motifs is 1. The number of nitrogens with one attached hydrogen (secondary N) is 1. The maximum absolute atomic E-state index is 13.1. The first-order chi connectivity index (χ1) is 16.6. The zero-order chi connectivity index (χ0) is 24.1. The van der Waals surface area contributed by atoms with Crippen LogP contribution in [-0.2, 0) is 24.2 Å². The van der Waals surface area contributed by atoms with Gasteiger partial charge in [-0.05, 0) is 56.5 Å². The number of ether oxygens (including phenoxy) is 2. The number of rotatable bonds is 8. The lowest BCUT2D eigenvalue weighted by molar-refractivity contribution is -0.117. The topological polar surface area (TPSA) is 79.5 Å². The van der Waals surface area contributed by atoms with Gasteiger partial charge >= 0.3 is 0 Å². The second-order valence-electron chi connectivity index (χ2n) is 8.51. The number of benzene rings is 2. The first kappa shape index (κ1) is 23.4. The molecule has 176 valence electrons. The van der Waals surface area contributed by atoms with Gasteiger partial charge in [0.15, 0.2) is 11.5 Å². The van der Waals surface area contributed by atoms with Crippen LogP contribution in [0.15, 0.2) is 48.5 Å². The number of methoxy groups -OCH3 is 2. The van der Waals surface area contributed by atoms with Crippen LogP contribution < -0.4 is 14.8 Å². The number of hydrogen-bond donors (Lipinski definition) is 1. The summed E-state index contributed by atoms with van der Waals surface area (Å²) in [7, 11) is 5.09. The summed E-state index contributed by atoms with van der Waals surface area (Å²) < 4.78 is 13.0. The normalized spacial score (nSPS) is 12.7. The minimum Gasteiger partial charge on any atom is -0.493 e. The maximum Gasteiger partial charge on any atom is 0.239 e. The van der Waals surface area contributed by atoms with Gasteiger partial charge in [-0.15, -0.1) is 0 Å². The van der Waals surface area contributed by atoms with E-state index in [1.807, 2.05) is 60.5 Å². The van der Waals surface area contributed by atoms with Crippen molar-refractivity contribution >= 4 is 11.7 Å². The number of anilines is 1. The van der Waals surface area contributed by atoms with Gasteiger partial charge in [-0.25, -0.2) is 0 Å². The number of amides is 1. The predicted octanol–water partition coefficient (Wildman–Crippen LogP) is 4.32. The minimum atomic E-state index is -0.173. The molecule has 0 spiro atoms. The van der Waals surface area contributed by atoms with Crippen molar-refractivity contribution in [3.8, 4) is 23.3 Å². The monoisotopic (exact) mass is 458 g/mol. The number of carbonyl (C=O) groups excluding carboxylic acids is 1. The van der Waals surface area contributed by atoms with Gasteiger partial charge in [0.2, 0.25) is 5.91 Å². The molecule has 0 unspecified atom stereocenters. The molecule has 0 saturated carbocycles. The molecule has 0 radical (unpaired) electrons. The van der Waals surface area contributed by atoms with Crippen LogP contribution in [-0.4, -0.2) is 43.2 Å². The molecule has 3 aromatic rings. The smallest absolute Gasteiger partial charge is 0.239 e. The van der Waals surface area contributed by atoms with E-state index in [9.17, 15) is 10.1 Å². The van der Waals surface area contributed by atoms with Crippen molar-refractivity contribution in [2.75, 3.05) is 33.1 Å². The number of carbonyl (C=O) groups is 1. The SMILES string of the molecule is COc1cccc(CN(C)CC(=O)Nc2c(C#N)c3c(n2-c2ccccc2)CCCC3)c1OC. The zero-order valence-corrected chi connectivity index (χ0v) is 19.9. The summed E-state index contributed by atoms with van der Waals surface area (Å²) >= 11 is 0. The van der Waals surface area contributed by atoms with E-state index < -0.39 is 0 Å². The molecule has 0 fully saturated rings. The Labute approximate surface area is 200 Å². The van der Waals surface area contributed by atoms with E-state index >= 15 is 0 Å². The summed E-state index contributed by atoms with van der Waals surface area (Å²) in [5.74, 6) is 1.71. The molecule has 1 aromatic heterocycles. The number of nitrogens with zero attached hydrogens (tertiary/aromatic N) is 3. The maximum atomic E-state index is 13.1. The Morgan fingerprint density at radius 2 is 1.85 bits per heavy atom. The van der Waals surface area contributed by atoms with Gasteiger partial charge in [-0.3, -0.25) is 14.3 Å². The molecular weight excluding hydrogens is 428 g/mol. The van der Waals surface area contributed by atoms with Crippen LogP contribution in [0.5, 0.6) is 11.5 Å². The van der Waals surface area contributed by atoms with Crippen LogP contribution in [0.2, 0.25) is 0 Å². The summed E-state index contributed by atoms with van der Waals surface area (Å²) in [6.45, 7) is 0.672. The molecule has 1 heterocycles. The average molecular weight is 459 g/mol. The van der Waals surface area contributed by atoms with Crippen molar-refractivity contribution in [1.82, 2.24) is 9.47 Å². The molecule has 0 aliphatic heterocycles. The Kier molecular flexibility index (Phi) is 7.19. The highest BCUT2D eigenvalue weighted by atomic mass is 16.5. The highest BCUT2D eigenvalue weighted by molar-refractivity contribution is 5.93. The molecule has 7 nitrogen and oxygen atoms in total. The van der Waals surface area contributed by atoms with Crippen LogP contribution >= 0.6 is 0 Å². The third-order valence-corrected chi connectivity index (χ3v) is 6.19.